The Kier molecular flexibility index (Phi) is 5.85. The summed E-state index contributed by atoms with van der Waals surface area (Å²) in [5, 5.41) is 15.1. The zero-order chi connectivity index (χ0) is 19.3. The molecule has 4 rings (SSSR count). The van der Waals surface area contributed by atoms with Crippen molar-refractivity contribution >= 4 is 6.03 Å². The molecule has 3 atom stereocenters. The molecule has 2 aliphatic heterocycles. The van der Waals surface area contributed by atoms with E-state index in [2.05, 4.69) is 20.8 Å². The molecule has 2 amide bonds. The van der Waals surface area contributed by atoms with Crippen LogP contribution in [0.15, 0.2) is 30.3 Å². The number of nitrogens with one attached hydrogen (secondary N) is 1. The van der Waals surface area contributed by atoms with Crippen LogP contribution >= 0.6 is 0 Å². The summed E-state index contributed by atoms with van der Waals surface area (Å²) in [5.74, 6) is 1.05. The number of amides is 2. The fourth-order valence-corrected chi connectivity index (χ4v) is 4.19. The lowest BCUT2D eigenvalue weighted by Gasteiger charge is -2.38. The lowest BCUT2D eigenvalue weighted by molar-refractivity contribution is -0.0366. The van der Waals surface area contributed by atoms with Gasteiger partial charge in [0.25, 0.3) is 0 Å². The lowest BCUT2D eigenvalue weighted by atomic mass is 9.88. The van der Waals surface area contributed by atoms with E-state index < -0.39 is 0 Å². The van der Waals surface area contributed by atoms with Gasteiger partial charge in [0.2, 0.25) is 0 Å². The number of hydrogen-bond donors (Lipinski definition) is 1. The van der Waals surface area contributed by atoms with E-state index in [-0.39, 0.29) is 12.1 Å². The Morgan fingerprint density at radius 3 is 2.86 bits per heavy atom. The Labute approximate surface area is 165 Å². The third-order valence-electron chi connectivity index (χ3n) is 5.71. The molecule has 8 heteroatoms. The lowest BCUT2D eigenvalue weighted by Crippen LogP contribution is -2.49. The maximum absolute atomic E-state index is 12.9. The van der Waals surface area contributed by atoms with Gasteiger partial charge in [-0.1, -0.05) is 18.2 Å². The molecule has 150 valence electrons. The Bertz CT molecular complexity index is 774. The Morgan fingerprint density at radius 1 is 1.21 bits per heavy atom. The SMILES string of the molecule is CC(NC(=O)N1CCCC(C2CCCCO2)C1)c1nnnn1-c1ccccc1. The van der Waals surface area contributed by atoms with Gasteiger partial charge in [-0.2, -0.15) is 4.68 Å². The zero-order valence-corrected chi connectivity index (χ0v) is 16.3. The highest BCUT2D eigenvalue weighted by Gasteiger charge is 2.31. The fraction of sp³-hybridized carbons (Fsp3) is 0.600. The van der Waals surface area contributed by atoms with E-state index in [1.807, 2.05) is 42.2 Å². The van der Waals surface area contributed by atoms with Crippen molar-refractivity contribution in [1.29, 1.82) is 0 Å². The molecule has 1 aromatic heterocycles. The van der Waals surface area contributed by atoms with Crippen LogP contribution in [0, 0.1) is 5.92 Å². The van der Waals surface area contributed by atoms with Crippen LogP contribution in [0.4, 0.5) is 4.79 Å². The molecule has 28 heavy (non-hydrogen) atoms. The van der Waals surface area contributed by atoms with Gasteiger partial charge >= 0.3 is 6.03 Å². The summed E-state index contributed by atoms with van der Waals surface area (Å²) in [4.78, 5) is 14.8. The molecule has 0 spiro atoms. The smallest absolute Gasteiger partial charge is 0.317 e. The van der Waals surface area contributed by atoms with Crippen molar-refractivity contribution in [3.8, 4) is 5.69 Å². The van der Waals surface area contributed by atoms with Crippen LogP contribution in [0.1, 0.15) is 50.9 Å². The van der Waals surface area contributed by atoms with Gasteiger partial charge in [0.1, 0.15) is 0 Å². The highest BCUT2D eigenvalue weighted by atomic mass is 16.5. The first-order valence-corrected chi connectivity index (χ1v) is 10.2. The normalized spacial score (nSPS) is 24.0. The van der Waals surface area contributed by atoms with Crippen molar-refractivity contribution in [2.24, 2.45) is 5.92 Å². The van der Waals surface area contributed by atoms with Gasteiger partial charge in [0.15, 0.2) is 5.82 Å². The maximum atomic E-state index is 12.9. The van der Waals surface area contributed by atoms with E-state index in [0.29, 0.717) is 17.8 Å². The topological polar surface area (TPSA) is 85.2 Å². The van der Waals surface area contributed by atoms with Crippen molar-refractivity contribution in [3.63, 3.8) is 0 Å². The Morgan fingerprint density at radius 2 is 2.07 bits per heavy atom. The van der Waals surface area contributed by atoms with Crippen LogP contribution in [0.5, 0.6) is 0 Å². The van der Waals surface area contributed by atoms with Gasteiger partial charge in [-0.05, 0) is 61.6 Å². The van der Waals surface area contributed by atoms with Gasteiger partial charge < -0.3 is 15.0 Å². The standard InChI is InChI=1S/C20H28N6O2/c1-15(19-22-23-24-26(19)17-9-3-2-4-10-17)21-20(27)25-12-7-8-16(14-25)18-11-5-6-13-28-18/h2-4,9-10,15-16,18H,5-8,11-14H2,1H3,(H,21,27). The molecule has 0 radical (unpaired) electrons. The first-order valence-electron chi connectivity index (χ1n) is 10.2. The number of carbonyl (C=O) groups excluding carboxylic acids is 1. The van der Waals surface area contributed by atoms with Crippen LogP contribution in [-0.2, 0) is 4.74 Å². The molecule has 1 N–H and O–H groups in total. The highest BCUT2D eigenvalue weighted by molar-refractivity contribution is 5.74. The van der Waals surface area contributed by atoms with E-state index in [9.17, 15) is 4.79 Å². The number of carbonyl (C=O) groups is 1. The summed E-state index contributed by atoms with van der Waals surface area (Å²) in [6, 6.07) is 9.34. The average molecular weight is 384 g/mol. The third-order valence-corrected chi connectivity index (χ3v) is 5.71. The van der Waals surface area contributed by atoms with E-state index in [1.54, 1.807) is 4.68 Å². The quantitative estimate of drug-likeness (QED) is 0.876. The summed E-state index contributed by atoms with van der Waals surface area (Å²) in [6.07, 6.45) is 5.95. The number of nitrogens with zero attached hydrogens (tertiary/aromatic N) is 5. The Hall–Kier alpha value is -2.48. The second kappa shape index (κ2) is 8.68. The van der Waals surface area contributed by atoms with Crippen molar-refractivity contribution in [3.05, 3.63) is 36.2 Å². The summed E-state index contributed by atoms with van der Waals surface area (Å²) < 4.78 is 7.63. The number of likely N-dealkylation sites (tertiary alicyclic amines) is 1. The highest BCUT2D eigenvalue weighted by Crippen LogP contribution is 2.28. The fourth-order valence-electron chi connectivity index (χ4n) is 4.19. The third kappa shape index (κ3) is 4.16. The number of tetrazole rings is 1. The minimum atomic E-state index is -0.297. The van der Waals surface area contributed by atoms with E-state index >= 15 is 0 Å². The van der Waals surface area contributed by atoms with E-state index in [4.69, 9.17) is 4.74 Å². The summed E-state index contributed by atoms with van der Waals surface area (Å²) in [7, 11) is 0. The predicted octanol–water partition coefficient (Wildman–Crippen LogP) is 2.71. The van der Waals surface area contributed by atoms with E-state index in [1.165, 1.54) is 6.42 Å². The van der Waals surface area contributed by atoms with Gasteiger partial charge in [-0.25, -0.2) is 4.79 Å². The van der Waals surface area contributed by atoms with Crippen LogP contribution in [-0.4, -0.2) is 56.9 Å². The second-order valence-electron chi connectivity index (χ2n) is 7.71. The number of ether oxygens (including phenoxy) is 1. The maximum Gasteiger partial charge on any atom is 0.317 e. The van der Waals surface area contributed by atoms with Crippen molar-refractivity contribution in [1.82, 2.24) is 30.4 Å². The molecule has 0 saturated carbocycles. The number of rotatable bonds is 4. The van der Waals surface area contributed by atoms with Gasteiger partial charge in [-0.15, -0.1) is 5.10 Å². The number of urea groups is 1. The molecule has 0 aliphatic carbocycles. The molecule has 3 heterocycles. The number of aromatic nitrogens is 4. The average Bonchev–Trinajstić information content (AvgIpc) is 3.25. The zero-order valence-electron chi connectivity index (χ0n) is 16.3. The first kappa shape index (κ1) is 18.9. The molecule has 2 aromatic rings. The molecule has 1 aromatic carbocycles. The van der Waals surface area contributed by atoms with Crippen LogP contribution in [0.3, 0.4) is 0 Å². The van der Waals surface area contributed by atoms with Crippen LogP contribution in [0.25, 0.3) is 5.69 Å². The first-order chi connectivity index (χ1) is 13.7. The molecular weight excluding hydrogens is 356 g/mol. The number of para-hydroxylation sites is 1. The molecular formula is C20H28N6O2. The van der Waals surface area contributed by atoms with Crippen LogP contribution < -0.4 is 5.32 Å². The monoisotopic (exact) mass is 384 g/mol. The minimum Gasteiger partial charge on any atom is -0.378 e. The number of hydrogen-bond acceptors (Lipinski definition) is 5. The van der Waals surface area contributed by atoms with Crippen molar-refractivity contribution in [2.45, 2.75) is 51.2 Å². The second-order valence-corrected chi connectivity index (χ2v) is 7.71. The van der Waals surface area contributed by atoms with Gasteiger partial charge in [-0.3, -0.25) is 0 Å². The number of piperidine rings is 1. The molecule has 0 bridgehead atoms. The number of benzene rings is 1. The summed E-state index contributed by atoms with van der Waals surface area (Å²) in [5.41, 5.74) is 0.871. The van der Waals surface area contributed by atoms with Crippen LogP contribution in [0.2, 0.25) is 0 Å². The summed E-state index contributed by atoms with van der Waals surface area (Å²) >= 11 is 0. The Balaban J connectivity index is 1.39. The summed E-state index contributed by atoms with van der Waals surface area (Å²) in [6.45, 7) is 4.31. The molecule has 2 saturated heterocycles. The van der Waals surface area contributed by atoms with E-state index in [0.717, 1.165) is 51.1 Å². The predicted molar refractivity (Wildman–Crippen MR) is 104 cm³/mol. The van der Waals surface area contributed by atoms with Gasteiger partial charge in [0, 0.05) is 25.6 Å². The van der Waals surface area contributed by atoms with Crippen molar-refractivity contribution in [2.75, 3.05) is 19.7 Å². The van der Waals surface area contributed by atoms with Gasteiger partial charge in [0.05, 0.1) is 17.8 Å². The largest absolute Gasteiger partial charge is 0.378 e. The molecule has 2 fully saturated rings. The molecule has 8 nitrogen and oxygen atoms in total. The van der Waals surface area contributed by atoms with Crippen molar-refractivity contribution < 1.29 is 9.53 Å². The minimum absolute atomic E-state index is 0.0596. The molecule has 2 aliphatic rings. The molecule has 3 unspecified atom stereocenters.